The van der Waals surface area contributed by atoms with Crippen molar-refractivity contribution in [2.24, 2.45) is 0 Å². The van der Waals surface area contributed by atoms with Gasteiger partial charge in [-0.05, 0) is 36.0 Å². The van der Waals surface area contributed by atoms with Gasteiger partial charge in [-0.15, -0.1) is 0 Å². The van der Waals surface area contributed by atoms with E-state index >= 15 is 0 Å². The van der Waals surface area contributed by atoms with Gasteiger partial charge in [-0.2, -0.15) is 0 Å². The van der Waals surface area contributed by atoms with Crippen LogP contribution < -0.4 is 5.32 Å². The zero-order valence-corrected chi connectivity index (χ0v) is 13.4. The second-order valence-electron chi connectivity index (χ2n) is 6.72. The highest BCUT2D eigenvalue weighted by molar-refractivity contribution is 5.35. The molecule has 116 valence electrons. The number of fused-ring (bicyclic) bond motifs is 1. The van der Waals surface area contributed by atoms with Crippen molar-refractivity contribution in [1.29, 1.82) is 0 Å². The third kappa shape index (κ3) is 3.85. The molecule has 0 saturated carbocycles. The van der Waals surface area contributed by atoms with Crippen molar-refractivity contribution >= 4 is 0 Å². The minimum absolute atomic E-state index is 0.495. The molecule has 1 saturated heterocycles. The van der Waals surface area contributed by atoms with Crippen LogP contribution in [0.3, 0.4) is 0 Å². The SMILES string of the molecule is CC(C)NCC1COCCN1Cc1ccc2c(c1)CCC2. The number of hydrogen-bond donors (Lipinski definition) is 1. The van der Waals surface area contributed by atoms with E-state index in [9.17, 15) is 0 Å². The number of aryl methyl sites for hydroxylation is 2. The number of rotatable bonds is 5. The van der Waals surface area contributed by atoms with Gasteiger partial charge in [-0.3, -0.25) is 4.90 Å². The summed E-state index contributed by atoms with van der Waals surface area (Å²) in [6, 6.07) is 8.14. The predicted molar refractivity (Wildman–Crippen MR) is 86.6 cm³/mol. The van der Waals surface area contributed by atoms with Crippen LogP contribution in [0.15, 0.2) is 18.2 Å². The monoisotopic (exact) mass is 288 g/mol. The van der Waals surface area contributed by atoms with Crippen molar-refractivity contribution in [3.63, 3.8) is 0 Å². The van der Waals surface area contributed by atoms with Crippen LogP contribution in [0.4, 0.5) is 0 Å². The Labute approximate surface area is 128 Å². The Morgan fingerprint density at radius 1 is 1.29 bits per heavy atom. The van der Waals surface area contributed by atoms with E-state index in [1.54, 1.807) is 11.1 Å². The van der Waals surface area contributed by atoms with Gasteiger partial charge in [0, 0.05) is 31.7 Å². The minimum Gasteiger partial charge on any atom is -0.378 e. The van der Waals surface area contributed by atoms with E-state index in [1.165, 1.54) is 24.8 Å². The third-order valence-corrected chi connectivity index (χ3v) is 4.66. The van der Waals surface area contributed by atoms with Gasteiger partial charge in [-0.25, -0.2) is 0 Å². The van der Waals surface area contributed by atoms with Gasteiger partial charge in [-0.1, -0.05) is 32.0 Å². The topological polar surface area (TPSA) is 24.5 Å². The van der Waals surface area contributed by atoms with Crippen LogP contribution in [0, 0.1) is 0 Å². The summed E-state index contributed by atoms with van der Waals surface area (Å²) in [6.45, 7) is 9.24. The molecular weight excluding hydrogens is 260 g/mol. The van der Waals surface area contributed by atoms with Crippen molar-refractivity contribution in [3.8, 4) is 0 Å². The van der Waals surface area contributed by atoms with Crippen molar-refractivity contribution < 1.29 is 4.74 Å². The molecule has 1 atom stereocenters. The fourth-order valence-electron chi connectivity index (χ4n) is 3.42. The Morgan fingerprint density at radius 3 is 3.00 bits per heavy atom. The van der Waals surface area contributed by atoms with Gasteiger partial charge < -0.3 is 10.1 Å². The van der Waals surface area contributed by atoms with Gasteiger partial charge in [0.25, 0.3) is 0 Å². The number of nitrogens with zero attached hydrogens (tertiary/aromatic N) is 1. The van der Waals surface area contributed by atoms with Crippen LogP contribution in [-0.4, -0.2) is 43.3 Å². The van der Waals surface area contributed by atoms with E-state index < -0.39 is 0 Å². The first-order valence-corrected chi connectivity index (χ1v) is 8.38. The Balaban J connectivity index is 1.63. The molecule has 1 heterocycles. The molecule has 21 heavy (non-hydrogen) atoms. The number of ether oxygens (including phenoxy) is 1. The zero-order chi connectivity index (χ0) is 14.7. The lowest BCUT2D eigenvalue weighted by Gasteiger charge is -2.36. The van der Waals surface area contributed by atoms with Crippen LogP contribution in [0.25, 0.3) is 0 Å². The van der Waals surface area contributed by atoms with Gasteiger partial charge in [0.2, 0.25) is 0 Å². The summed E-state index contributed by atoms with van der Waals surface area (Å²) in [7, 11) is 0. The Morgan fingerprint density at radius 2 is 2.14 bits per heavy atom. The van der Waals surface area contributed by atoms with Crippen molar-refractivity contribution in [1.82, 2.24) is 10.2 Å². The number of nitrogens with one attached hydrogen (secondary N) is 1. The average molecular weight is 288 g/mol. The van der Waals surface area contributed by atoms with E-state index in [0.29, 0.717) is 12.1 Å². The highest BCUT2D eigenvalue weighted by atomic mass is 16.5. The largest absolute Gasteiger partial charge is 0.378 e. The molecule has 0 bridgehead atoms. The number of benzene rings is 1. The van der Waals surface area contributed by atoms with Gasteiger partial charge in [0.1, 0.15) is 0 Å². The molecule has 0 radical (unpaired) electrons. The van der Waals surface area contributed by atoms with E-state index in [4.69, 9.17) is 4.74 Å². The van der Waals surface area contributed by atoms with Crippen molar-refractivity contribution in [2.45, 2.75) is 51.7 Å². The maximum absolute atomic E-state index is 5.67. The number of morpholine rings is 1. The fourth-order valence-corrected chi connectivity index (χ4v) is 3.42. The molecule has 3 nitrogen and oxygen atoms in total. The molecule has 1 N–H and O–H groups in total. The summed E-state index contributed by atoms with van der Waals surface area (Å²) in [5.74, 6) is 0. The standard InChI is InChI=1S/C18H28N2O/c1-14(2)19-11-18-13-21-9-8-20(18)12-15-6-7-16-4-3-5-17(16)10-15/h6-7,10,14,18-19H,3-5,8-9,11-13H2,1-2H3. The highest BCUT2D eigenvalue weighted by Gasteiger charge is 2.23. The van der Waals surface area contributed by atoms with Crippen LogP contribution >= 0.6 is 0 Å². The molecular formula is C18H28N2O. The first-order valence-electron chi connectivity index (χ1n) is 8.38. The van der Waals surface area contributed by atoms with Crippen LogP contribution in [0.2, 0.25) is 0 Å². The first kappa shape index (κ1) is 15.0. The predicted octanol–water partition coefficient (Wildman–Crippen LogP) is 2.37. The van der Waals surface area contributed by atoms with Crippen LogP contribution in [-0.2, 0) is 24.1 Å². The molecule has 1 aliphatic heterocycles. The summed E-state index contributed by atoms with van der Waals surface area (Å²) in [6.07, 6.45) is 3.87. The smallest absolute Gasteiger partial charge is 0.0635 e. The molecule has 1 aromatic rings. The lowest BCUT2D eigenvalue weighted by Crippen LogP contribution is -2.50. The van der Waals surface area contributed by atoms with E-state index in [0.717, 1.165) is 32.8 Å². The van der Waals surface area contributed by atoms with Crippen molar-refractivity contribution in [2.75, 3.05) is 26.3 Å². The second kappa shape index (κ2) is 6.91. The minimum atomic E-state index is 0.495. The summed E-state index contributed by atoms with van der Waals surface area (Å²) < 4.78 is 5.67. The lowest BCUT2D eigenvalue weighted by molar-refractivity contribution is -0.0114. The first-order chi connectivity index (χ1) is 10.2. The zero-order valence-electron chi connectivity index (χ0n) is 13.4. The van der Waals surface area contributed by atoms with E-state index in [2.05, 4.69) is 42.3 Å². The van der Waals surface area contributed by atoms with Crippen molar-refractivity contribution in [3.05, 3.63) is 34.9 Å². The molecule has 1 fully saturated rings. The molecule has 2 aliphatic rings. The lowest BCUT2D eigenvalue weighted by atomic mass is 10.1. The highest BCUT2D eigenvalue weighted by Crippen LogP contribution is 2.24. The van der Waals surface area contributed by atoms with Crippen LogP contribution in [0.1, 0.15) is 37.0 Å². The molecule has 1 aromatic carbocycles. The summed E-state index contributed by atoms with van der Waals surface area (Å²) >= 11 is 0. The summed E-state index contributed by atoms with van der Waals surface area (Å²) in [5.41, 5.74) is 4.61. The quantitative estimate of drug-likeness (QED) is 0.900. The van der Waals surface area contributed by atoms with E-state index in [1.807, 2.05) is 0 Å². The van der Waals surface area contributed by atoms with Gasteiger partial charge in [0.15, 0.2) is 0 Å². The fraction of sp³-hybridized carbons (Fsp3) is 0.667. The number of hydrogen-bond acceptors (Lipinski definition) is 3. The third-order valence-electron chi connectivity index (χ3n) is 4.66. The molecule has 3 heteroatoms. The van der Waals surface area contributed by atoms with E-state index in [-0.39, 0.29) is 0 Å². The van der Waals surface area contributed by atoms with Crippen LogP contribution in [0.5, 0.6) is 0 Å². The molecule has 0 amide bonds. The Hall–Kier alpha value is -0.900. The Bertz CT molecular complexity index is 472. The molecule has 3 rings (SSSR count). The molecule has 1 aliphatic carbocycles. The maximum atomic E-state index is 5.67. The van der Waals surface area contributed by atoms with Gasteiger partial charge in [0.05, 0.1) is 13.2 Å². The molecule has 1 unspecified atom stereocenters. The van der Waals surface area contributed by atoms with Gasteiger partial charge >= 0.3 is 0 Å². The second-order valence-corrected chi connectivity index (χ2v) is 6.72. The maximum Gasteiger partial charge on any atom is 0.0635 e. The average Bonchev–Trinajstić information content (AvgIpc) is 2.94. The molecule has 0 aromatic heterocycles. The Kier molecular flexibility index (Phi) is 4.94. The molecule has 0 spiro atoms. The normalized spacial score (nSPS) is 22.7. The summed E-state index contributed by atoms with van der Waals surface area (Å²) in [4.78, 5) is 2.58. The summed E-state index contributed by atoms with van der Waals surface area (Å²) in [5, 5.41) is 3.55.